The minimum atomic E-state index is 0.717. The van der Waals surface area contributed by atoms with Gasteiger partial charge in [0.25, 0.3) is 0 Å². The fourth-order valence-corrected chi connectivity index (χ4v) is 3.87. The molecule has 1 N–H and O–H groups in total. The fraction of sp³-hybridized carbons (Fsp3) is 0.125. The van der Waals surface area contributed by atoms with Gasteiger partial charge in [0.05, 0.1) is 19.9 Å². The summed E-state index contributed by atoms with van der Waals surface area (Å²) in [4.78, 5) is 7.98. The number of hydrogen-bond acceptors (Lipinski definition) is 3. The highest BCUT2D eigenvalue weighted by Gasteiger charge is 2.18. The number of methoxy groups -OCH3 is 2. The van der Waals surface area contributed by atoms with E-state index in [1.54, 1.807) is 14.2 Å². The predicted octanol–water partition coefficient (Wildman–Crippen LogP) is 5.23. The molecule has 0 bridgehead atoms. The second kappa shape index (κ2) is 6.57. The zero-order valence-corrected chi connectivity index (χ0v) is 15.8. The molecule has 4 heteroatoms. The first-order valence-corrected chi connectivity index (χ1v) is 9.26. The van der Waals surface area contributed by atoms with Crippen LogP contribution in [0.2, 0.25) is 0 Å². The third-order valence-corrected chi connectivity index (χ3v) is 5.34. The summed E-state index contributed by atoms with van der Waals surface area (Å²) in [6, 6.07) is 16.8. The van der Waals surface area contributed by atoms with Crippen molar-refractivity contribution in [3.63, 3.8) is 0 Å². The van der Waals surface area contributed by atoms with Gasteiger partial charge in [0.2, 0.25) is 0 Å². The minimum absolute atomic E-state index is 0.717. The van der Waals surface area contributed by atoms with Gasteiger partial charge in [-0.3, -0.25) is 4.98 Å². The Balaban J connectivity index is 1.57. The Labute approximate surface area is 163 Å². The molecule has 28 heavy (non-hydrogen) atoms. The molecule has 0 saturated carbocycles. The van der Waals surface area contributed by atoms with E-state index < -0.39 is 0 Å². The molecule has 4 nitrogen and oxygen atoms in total. The van der Waals surface area contributed by atoms with E-state index in [9.17, 15) is 0 Å². The van der Waals surface area contributed by atoms with Gasteiger partial charge >= 0.3 is 0 Å². The van der Waals surface area contributed by atoms with E-state index in [2.05, 4.69) is 41.4 Å². The van der Waals surface area contributed by atoms with Gasteiger partial charge in [0.1, 0.15) is 0 Å². The summed E-state index contributed by atoms with van der Waals surface area (Å²) in [5, 5.41) is 1.22. The van der Waals surface area contributed by atoms with Crippen LogP contribution in [0, 0.1) is 0 Å². The summed E-state index contributed by atoms with van der Waals surface area (Å²) in [7, 11) is 3.30. The Morgan fingerprint density at radius 1 is 0.857 bits per heavy atom. The molecule has 2 aromatic carbocycles. The third kappa shape index (κ3) is 2.65. The molecular weight excluding hydrogens is 348 g/mol. The van der Waals surface area contributed by atoms with E-state index in [0.29, 0.717) is 5.75 Å². The molecule has 0 aliphatic heterocycles. The van der Waals surface area contributed by atoms with Crippen molar-refractivity contribution < 1.29 is 9.47 Å². The third-order valence-electron chi connectivity index (χ3n) is 5.34. The van der Waals surface area contributed by atoms with Crippen LogP contribution in [-0.4, -0.2) is 24.2 Å². The zero-order chi connectivity index (χ0) is 19.1. The first-order valence-electron chi connectivity index (χ1n) is 9.26. The van der Waals surface area contributed by atoms with Gasteiger partial charge in [-0.25, -0.2) is 0 Å². The number of aromatic nitrogens is 2. The van der Waals surface area contributed by atoms with Crippen LogP contribution in [0.15, 0.2) is 67.0 Å². The van der Waals surface area contributed by atoms with Crippen molar-refractivity contribution in [3.8, 4) is 22.6 Å². The molecule has 0 atom stereocenters. The van der Waals surface area contributed by atoms with Crippen molar-refractivity contribution in [2.24, 2.45) is 0 Å². The van der Waals surface area contributed by atoms with Crippen LogP contribution in [0.1, 0.15) is 16.8 Å². The standard InChI is InChI=1S/C24H20N2O2/c1-27-23-8-4-15(13-24(23)28-2)18-12-20-19(5-7-22(20)26-14-18)16-3-6-21-17(11-16)9-10-25-21/h3-6,8-14,25H,7H2,1-2H3. The Morgan fingerprint density at radius 3 is 2.57 bits per heavy atom. The molecule has 0 amide bonds. The Bertz CT molecular complexity index is 1220. The van der Waals surface area contributed by atoms with Crippen LogP contribution in [-0.2, 0) is 6.42 Å². The second-order valence-corrected chi connectivity index (χ2v) is 6.89. The van der Waals surface area contributed by atoms with E-state index in [1.165, 1.54) is 22.1 Å². The SMILES string of the molecule is COc1ccc(-c2cnc3c(c2)C(c2ccc4[nH]ccc4c2)=CC3)cc1OC. The van der Waals surface area contributed by atoms with Crippen molar-refractivity contribution >= 4 is 16.5 Å². The van der Waals surface area contributed by atoms with E-state index in [4.69, 9.17) is 14.5 Å². The molecule has 0 fully saturated rings. The monoisotopic (exact) mass is 368 g/mol. The molecular formula is C24H20N2O2. The van der Waals surface area contributed by atoms with Crippen LogP contribution >= 0.6 is 0 Å². The average molecular weight is 368 g/mol. The largest absolute Gasteiger partial charge is 0.493 e. The topological polar surface area (TPSA) is 47.1 Å². The maximum absolute atomic E-state index is 5.45. The van der Waals surface area contributed by atoms with Crippen LogP contribution in [0.3, 0.4) is 0 Å². The van der Waals surface area contributed by atoms with Crippen LogP contribution in [0.25, 0.3) is 27.6 Å². The molecule has 0 saturated heterocycles. The lowest BCUT2D eigenvalue weighted by molar-refractivity contribution is 0.355. The summed E-state index contributed by atoms with van der Waals surface area (Å²) >= 11 is 0. The molecule has 138 valence electrons. The smallest absolute Gasteiger partial charge is 0.161 e. The number of nitrogens with one attached hydrogen (secondary N) is 1. The van der Waals surface area contributed by atoms with Crippen LogP contribution < -0.4 is 9.47 Å². The van der Waals surface area contributed by atoms with Gasteiger partial charge in [-0.2, -0.15) is 0 Å². The molecule has 0 unspecified atom stereocenters. The number of H-pyrrole nitrogens is 1. The molecule has 0 radical (unpaired) electrons. The number of fused-ring (bicyclic) bond motifs is 2. The Hall–Kier alpha value is -3.53. The highest BCUT2D eigenvalue weighted by atomic mass is 16.5. The predicted molar refractivity (Wildman–Crippen MR) is 112 cm³/mol. The van der Waals surface area contributed by atoms with Crippen molar-refractivity contribution in [2.45, 2.75) is 6.42 Å². The number of ether oxygens (including phenoxy) is 2. The summed E-state index contributed by atoms with van der Waals surface area (Å²) < 4.78 is 10.8. The average Bonchev–Trinajstić information content (AvgIpc) is 3.38. The van der Waals surface area contributed by atoms with Crippen molar-refractivity contribution in [3.05, 3.63) is 83.8 Å². The first-order chi connectivity index (χ1) is 13.8. The lowest BCUT2D eigenvalue weighted by Gasteiger charge is -2.12. The van der Waals surface area contributed by atoms with E-state index in [1.807, 2.05) is 30.6 Å². The Morgan fingerprint density at radius 2 is 1.71 bits per heavy atom. The first kappa shape index (κ1) is 16.6. The minimum Gasteiger partial charge on any atom is -0.493 e. The summed E-state index contributed by atoms with van der Waals surface area (Å²) in [5.41, 5.74) is 8.05. The molecule has 4 aromatic rings. The molecule has 2 aromatic heterocycles. The molecule has 5 rings (SSSR count). The van der Waals surface area contributed by atoms with Crippen LogP contribution in [0.4, 0.5) is 0 Å². The van der Waals surface area contributed by atoms with E-state index in [0.717, 1.165) is 34.5 Å². The van der Waals surface area contributed by atoms with Gasteiger partial charge in [-0.05, 0) is 58.5 Å². The quantitative estimate of drug-likeness (QED) is 0.536. The van der Waals surface area contributed by atoms with Gasteiger partial charge in [-0.1, -0.05) is 18.2 Å². The lowest BCUT2D eigenvalue weighted by atomic mass is 9.97. The maximum Gasteiger partial charge on any atom is 0.161 e. The van der Waals surface area contributed by atoms with Gasteiger partial charge in [-0.15, -0.1) is 0 Å². The van der Waals surface area contributed by atoms with E-state index >= 15 is 0 Å². The number of hydrogen-bond donors (Lipinski definition) is 1. The molecule has 0 spiro atoms. The second-order valence-electron chi connectivity index (χ2n) is 6.89. The summed E-state index contributed by atoms with van der Waals surface area (Å²) in [5.74, 6) is 1.44. The molecule has 2 heterocycles. The zero-order valence-electron chi connectivity index (χ0n) is 15.8. The van der Waals surface area contributed by atoms with Crippen LogP contribution in [0.5, 0.6) is 11.5 Å². The van der Waals surface area contributed by atoms with Gasteiger partial charge in [0.15, 0.2) is 11.5 Å². The Kier molecular flexibility index (Phi) is 3.90. The van der Waals surface area contributed by atoms with Crippen molar-refractivity contribution in [1.82, 2.24) is 9.97 Å². The number of pyridine rings is 1. The highest BCUT2D eigenvalue weighted by Crippen LogP contribution is 2.37. The normalized spacial score (nSPS) is 12.7. The van der Waals surface area contributed by atoms with Gasteiger partial charge in [0, 0.05) is 35.5 Å². The van der Waals surface area contributed by atoms with Gasteiger partial charge < -0.3 is 14.5 Å². The number of aromatic amines is 1. The van der Waals surface area contributed by atoms with E-state index in [-0.39, 0.29) is 0 Å². The number of benzene rings is 2. The number of rotatable bonds is 4. The lowest BCUT2D eigenvalue weighted by Crippen LogP contribution is -1.94. The van der Waals surface area contributed by atoms with Crippen molar-refractivity contribution in [1.29, 1.82) is 0 Å². The summed E-state index contributed by atoms with van der Waals surface area (Å²) in [6.07, 6.45) is 7.04. The molecule has 1 aliphatic carbocycles. The highest BCUT2D eigenvalue weighted by molar-refractivity contribution is 5.91. The molecule has 1 aliphatic rings. The fourth-order valence-electron chi connectivity index (χ4n) is 3.87. The number of allylic oxidation sites excluding steroid dienone is 1. The number of nitrogens with zero attached hydrogens (tertiary/aromatic N) is 1. The maximum atomic E-state index is 5.45. The summed E-state index contributed by atoms with van der Waals surface area (Å²) in [6.45, 7) is 0. The van der Waals surface area contributed by atoms with Crippen molar-refractivity contribution in [2.75, 3.05) is 14.2 Å².